The van der Waals surface area contributed by atoms with E-state index in [2.05, 4.69) is 18.2 Å². The van der Waals surface area contributed by atoms with Crippen molar-refractivity contribution in [3.63, 3.8) is 0 Å². The highest BCUT2D eigenvalue weighted by Crippen LogP contribution is 1.96. The molecule has 12 heavy (non-hydrogen) atoms. The van der Waals surface area contributed by atoms with E-state index < -0.39 is 0 Å². The quantitative estimate of drug-likeness (QED) is 0.443. The summed E-state index contributed by atoms with van der Waals surface area (Å²) in [5, 5.41) is 0. The molecule has 0 spiro atoms. The number of aliphatic imine (C=N–C) groups is 1. The topological polar surface area (TPSA) is 12.4 Å². The van der Waals surface area contributed by atoms with Crippen LogP contribution in [0.3, 0.4) is 0 Å². The number of rotatable bonds is 4. The predicted molar refractivity (Wildman–Crippen MR) is 56.4 cm³/mol. The molecule has 0 fully saturated rings. The second kappa shape index (κ2) is 6.35. The fraction of sp³-hybridized carbons (Fsp3) is 0.182. The predicted octanol–water partition coefficient (Wildman–Crippen LogP) is 3.28. The third-order valence-corrected chi connectivity index (χ3v) is 1.19. The Bertz CT molecular complexity index is 242. The molecule has 0 aliphatic heterocycles. The van der Waals surface area contributed by atoms with E-state index in [0.29, 0.717) is 0 Å². The van der Waals surface area contributed by atoms with Gasteiger partial charge in [-0.3, -0.25) is 4.99 Å². The maximum atomic E-state index is 4.18. The van der Waals surface area contributed by atoms with Gasteiger partial charge in [0.05, 0.1) is 5.71 Å². The van der Waals surface area contributed by atoms with Gasteiger partial charge in [-0.1, -0.05) is 31.4 Å². The summed E-state index contributed by atoms with van der Waals surface area (Å²) in [5.41, 5.74) is 1.83. The van der Waals surface area contributed by atoms with Gasteiger partial charge in [-0.2, -0.15) is 0 Å². The summed E-state index contributed by atoms with van der Waals surface area (Å²) < 4.78 is 0. The van der Waals surface area contributed by atoms with Gasteiger partial charge in [0.25, 0.3) is 0 Å². The number of hydrogen-bond acceptors (Lipinski definition) is 1. The van der Waals surface area contributed by atoms with Crippen LogP contribution >= 0.6 is 0 Å². The molecule has 0 N–H and O–H groups in total. The van der Waals surface area contributed by atoms with Crippen LogP contribution in [-0.4, -0.2) is 5.71 Å². The van der Waals surface area contributed by atoms with Gasteiger partial charge in [-0.15, -0.1) is 0 Å². The molecule has 0 amide bonds. The molecule has 0 rings (SSSR count). The Balaban J connectivity index is 4.54. The molecular formula is C11H15N. The monoisotopic (exact) mass is 161 g/mol. The van der Waals surface area contributed by atoms with E-state index in [1.807, 2.05) is 32.1 Å². The molecule has 64 valence electrons. The first kappa shape index (κ1) is 10.6. The summed E-state index contributed by atoms with van der Waals surface area (Å²) in [7, 11) is 0. The Labute approximate surface area is 74.5 Å². The van der Waals surface area contributed by atoms with Crippen LogP contribution in [0.5, 0.6) is 0 Å². The Hall–Kier alpha value is -1.37. The SMILES string of the molecule is C=C\C=C/C(=N\C=C/C)C(=C)C. The lowest BCUT2D eigenvalue weighted by Gasteiger charge is -1.95. The van der Waals surface area contributed by atoms with Gasteiger partial charge < -0.3 is 0 Å². The molecule has 0 unspecified atom stereocenters. The summed E-state index contributed by atoms with van der Waals surface area (Å²) >= 11 is 0. The average Bonchev–Trinajstić information content (AvgIpc) is 2.04. The van der Waals surface area contributed by atoms with Gasteiger partial charge in [0.1, 0.15) is 0 Å². The van der Waals surface area contributed by atoms with Crippen LogP contribution in [-0.2, 0) is 0 Å². The zero-order valence-corrected chi connectivity index (χ0v) is 7.75. The maximum absolute atomic E-state index is 4.18. The Kier molecular flexibility index (Phi) is 5.62. The normalized spacial score (nSPS) is 12.7. The van der Waals surface area contributed by atoms with Crippen molar-refractivity contribution in [2.75, 3.05) is 0 Å². The van der Waals surface area contributed by atoms with Crippen molar-refractivity contribution in [2.45, 2.75) is 13.8 Å². The molecule has 0 aliphatic carbocycles. The molecule has 0 saturated heterocycles. The summed E-state index contributed by atoms with van der Waals surface area (Å²) in [6.45, 7) is 11.2. The number of allylic oxidation sites excluding steroid dienone is 5. The summed E-state index contributed by atoms with van der Waals surface area (Å²) in [6, 6.07) is 0. The average molecular weight is 161 g/mol. The Morgan fingerprint density at radius 1 is 1.42 bits per heavy atom. The minimum absolute atomic E-state index is 0.882. The molecule has 1 nitrogen and oxygen atoms in total. The van der Waals surface area contributed by atoms with Crippen molar-refractivity contribution in [3.05, 3.63) is 49.2 Å². The molecule has 0 saturated carbocycles. The molecule has 0 aromatic carbocycles. The first-order chi connectivity index (χ1) is 5.72. The summed E-state index contributed by atoms with van der Waals surface area (Å²) in [4.78, 5) is 4.18. The van der Waals surface area contributed by atoms with Gasteiger partial charge in [-0.05, 0) is 25.5 Å². The lowest BCUT2D eigenvalue weighted by Crippen LogP contribution is -1.92. The third kappa shape index (κ3) is 4.45. The van der Waals surface area contributed by atoms with Gasteiger partial charge >= 0.3 is 0 Å². The van der Waals surface area contributed by atoms with Crippen LogP contribution < -0.4 is 0 Å². The van der Waals surface area contributed by atoms with E-state index in [9.17, 15) is 0 Å². The smallest absolute Gasteiger partial charge is 0.0652 e. The highest BCUT2D eigenvalue weighted by atomic mass is 14.7. The Morgan fingerprint density at radius 2 is 2.08 bits per heavy atom. The van der Waals surface area contributed by atoms with Crippen molar-refractivity contribution >= 4 is 5.71 Å². The lowest BCUT2D eigenvalue weighted by atomic mass is 10.2. The van der Waals surface area contributed by atoms with Crippen molar-refractivity contribution in [1.29, 1.82) is 0 Å². The molecular weight excluding hydrogens is 146 g/mol. The van der Waals surface area contributed by atoms with Crippen molar-refractivity contribution in [3.8, 4) is 0 Å². The molecule has 0 heterocycles. The van der Waals surface area contributed by atoms with E-state index in [1.54, 1.807) is 12.3 Å². The molecule has 0 aromatic rings. The van der Waals surface area contributed by atoms with Crippen LogP contribution in [0.25, 0.3) is 0 Å². The van der Waals surface area contributed by atoms with Crippen LogP contribution in [0, 0.1) is 0 Å². The molecule has 0 aromatic heterocycles. The van der Waals surface area contributed by atoms with Crippen LogP contribution in [0.4, 0.5) is 0 Å². The molecule has 0 atom stereocenters. The van der Waals surface area contributed by atoms with Gasteiger partial charge in [0.15, 0.2) is 0 Å². The molecule has 0 radical (unpaired) electrons. The minimum Gasteiger partial charge on any atom is -0.257 e. The second-order valence-electron chi connectivity index (χ2n) is 2.37. The van der Waals surface area contributed by atoms with Gasteiger partial charge in [-0.25, -0.2) is 0 Å². The van der Waals surface area contributed by atoms with Crippen molar-refractivity contribution < 1.29 is 0 Å². The maximum Gasteiger partial charge on any atom is 0.0652 e. The standard InChI is InChI=1S/C11H15N/c1-5-7-8-11(10(3)4)12-9-6-2/h5-9H,1,3H2,2,4H3/b8-7-,9-6-,12-11+. The number of hydrogen-bond donors (Lipinski definition) is 0. The van der Waals surface area contributed by atoms with Crippen molar-refractivity contribution in [1.82, 2.24) is 0 Å². The van der Waals surface area contributed by atoms with Crippen LogP contribution in [0.1, 0.15) is 13.8 Å². The fourth-order valence-electron chi connectivity index (χ4n) is 0.610. The highest BCUT2D eigenvalue weighted by Gasteiger charge is 1.90. The first-order valence-electron chi connectivity index (χ1n) is 3.86. The van der Waals surface area contributed by atoms with Gasteiger partial charge in [0, 0.05) is 6.20 Å². The largest absolute Gasteiger partial charge is 0.257 e. The molecule has 1 heteroatoms. The van der Waals surface area contributed by atoms with E-state index in [0.717, 1.165) is 11.3 Å². The zero-order chi connectivity index (χ0) is 9.40. The van der Waals surface area contributed by atoms with E-state index in [4.69, 9.17) is 0 Å². The van der Waals surface area contributed by atoms with E-state index in [-0.39, 0.29) is 0 Å². The minimum atomic E-state index is 0.882. The van der Waals surface area contributed by atoms with Crippen LogP contribution in [0.15, 0.2) is 54.2 Å². The molecule has 0 aliphatic rings. The zero-order valence-electron chi connectivity index (χ0n) is 7.75. The third-order valence-electron chi connectivity index (χ3n) is 1.19. The van der Waals surface area contributed by atoms with Crippen molar-refractivity contribution in [2.24, 2.45) is 4.99 Å². The second-order valence-corrected chi connectivity index (χ2v) is 2.37. The summed E-state index contributed by atoms with van der Waals surface area (Å²) in [6.07, 6.45) is 9.07. The number of nitrogens with zero attached hydrogens (tertiary/aromatic N) is 1. The molecule has 0 bridgehead atoms. The fourth-order valence-corrected chi connectivity index (χ4v) is 0.610. The van der Waals surface area contributed by atoms with E-state index >= 15 is 0 Å². The first-order valence-corrected chi connectivity index (χ1v) is 3.86. The van der Waals surface area contributed by atoms with E-state index in [1.165, 1.54) is 0 Å². The van der Waals surface area contributed by atoms with Gasteiger partial charge in [0.2, 0.25) is 0 Å². The lowest BCUT2D eigenvalue weighted by molar-refractivity contribution is 1.49. The Morgan fingerprint density at radius 3 is 2.50 bits per heavy atom. The highest BCUT2D eigenvalue weighted by molar-refractivity contribution is 6.07. The summed E-state index contributed by atoms with van der Waals surface area (Å²) in [5.74, 6) is 0. The van der Waals surface area contributed by atoms with Crippen LogP contribution in [0.2, 0.25) is 0 Å².